The second-order valence-corrected chi connectivity index (χ2v) is 5.48. The largest absolute Gasteiger partial charge is 0.226 e. The normalized spacial score (nSPS) is 10.6. The lowest BCUT2D eigenvalue weighted by molar-refractivity contribution is 1.07. The van der Waals surface area contributed by atoms with Crippen LogP contribution in [-0.4, -0.2) is 15.0 Å². The first-order valence-electron chi connectivity index (χ1n) is 6.05. The third kappa shape index (κ3) is 3.32. The van der Waals surface area contributed by atoms with E-state index in [-0.39, 0.29) is 5.28 Å². The minimum Gasteiger partial charge on any atom is -0.208 e. The van der Waals surface area contributed by atoms with Crippen molar-refractivity contribution >= 4 is 34.8 Å². The molecule has 0 spiro atoms. The molecule has 0 saturated heterocycles. The Labute approximate surface area is 136 Å². The van der Waals surface area contributed by atoms with Crippen molar-refractivity contribution in [3.8, 4) is 22.8 Å². The Bertz CT molecular complexity index is 742. The Morgan fingerprint density at radius 2 is 1.10 bits per heavy atom. The zero-order valence-electron chi connectivity index (χ0n) is 10.6. The smallest absolute Gasteiger partial charge is 0.208 e. The molecule has 0 aliphatic heterocycles. The van der Waals surface area contributed by atoms with E-state index in [2.05, 4.69) is 15.0 Å². The van der Waals surface area contributed by atoms with Gasteiger partial charge in [0, 0.05) is 21.2 Å². The fraction of sp³-hybridized carbons (Fsp3) is 0. The van der Waals surface area contributed by atoms with E-state index in [9.17, 15) is 0 Å². The molecule has 104 valence electrons. The van der Waals surface area contributed by atoms with Gasteiger partial charge in [0.25, 0.3) is 0 Å². The molecule has 3 aromatic rings. The Kier molecular flexibility index (Phi) is 4.06. The van der Waals surface area contributed by atoms with Crippen molar-refractivity contribution in [3.63, 3.8) is 0 Å². The van der Waals surface area contributed by atoms with Crippen molar-refractivity contribution in [2.24, 2.45) is 0 Å². The lowest BCUT2D eigenvalue weighted by atomic mass is 10.2. The van der Waals surface area contributed by atoms with E-state index < -0.39 is 0 Å². The lowest BCUT2D eigenvalue weighted by Gasteiger charge is -2.05. The zero-order chi connectivity index (χ0) is 14.8. The van der Waals surface area contributed by atoms with Gasteiger partial charge >= 0.3 is 0 Å². The number of nitrogens with zero attached hydrogens (tertiary/aromatic N) is 3. The van der Waals surface area contributed by atoms with Crippen molar-refractivity contribution in [2.75, 3.05) is 0 Å². The molecule has 0 aliphatic carbocycles. The molecule has 2 aromatic carbocycles. The van der Waals surface area contributed by atoms with Gasteiger partial charge in [0.15, 0.2) is 11.6 Å². The molecule has 0 N–H and O–H groups in total. The standard InChI is InChI=1S/C15H8Cl3N3/c16-11-5-1-3-9(7-11)13-19-14(21-15(18)20-13)10-4-2-6-12(17)8-10/h1-8H. The Balaban J connectivity index is 2.12. The van der Waals surface area contributed by atoms with E-state index >= 15 is 0 Å². The first kappa shape index (κ1) is 14.3. The molecule has 0 amide bonds. The van der Waals surface area contributed by atoms with Crippen LogP contribution in [-0.2, 0) is 0 Å². The fourth-order valence-electron chi connectivity index (χ4n) is 1.86. The quantitative estimate of drug-likeness (QED) is 0.648. The molecule has 1 heterocycles. The van der Waals surface area contributed by atoms with Crippen LogP contribution in [0.2, 0.25) is 15.3 Å². The van der Waals surface area contributed by atoms with Gasteiger partial charge in [-0.2, -0.15) is 9.97 Å². The van der Waals surface area contributed by atoms with Crippen molar-refractivity contribution < 1.29 is 0 Å². The maximum atomic E-state index is 6.00. The van der Waals surface area contributed by atoms with Crippen LogP contribution >= 0.6 is 34.8 Å². The van der Waals surface area contributed by atoms with Gasteiger partial charge in [-0.25, -0.2) is 4.98 Å². The molecule has 3 rings (SSSR count). The minimum atomic E-state index is 0.120. The van der Waals surface area contributed by atoms with Crippen LogP contribution in [0.15, 0.2) is 48.5 Å². The number of hydrogen-bond acceptors (Lipinski definition) is 3. The number of hydrogen-bond donors (Lipinski definition) is 0. The predicted molar refractivity (Wildman–Crippen MR) is 85.7 cm³/mol. The van der Waals surface area contributed by atoms with Crippen LogP contribution in [0.5, 0.6) is 0 Å². The summed E-state index contributed by atoms with van der Waals surface area (Å²) in [6.07, 6.45) is 0. The first-order chi connectivity index (χ1) is 10.1. The van der Waals surface area contributed by atoms with Crippen LogP contribution in [0, 0.1) is 0 Å². The molecule has 0 unspecified atom stereocenters. The monoisotopic (exact) mass is 335 g/mol. The highest BCUT2D eigenvalue weighted by molar-refractivity contribution is 6.31. The summed E-state index contributed by atoms with van der Waals surface area (Å²) in [5.74, 6) is 0.931. The van der Waals surface area contributed by atoms with E-state index in [1.54, 1.807) is 24.3 Å². The van der Waals surface area contributed by atoms with Crippen LogP contribution in [0.3, 0.4) is 0 Å². The molecule has 0 fully saturated rings. The van der Waals surface area contributed by atoms with Gasteiger partial charge in [-0.3, -0.25) is 0 Å². The van der Waals surface area contributed by atoms with Crippen molar-refractivity contribution in [1.29, 1.82) is 0 Å². The van der Waals surface area contributed by atoms with Gasteiger partial charge in [0.1, 0.15) is 0 Å². The maximum absolute atomic E-state index is 6.00. The zero-order valence-corrected chi connectivity index (χ0v) is 12.9. The summed E-state index contributed by atoms with van der Waals surface area (Å²) in [6, 6.07) is 14.5. The Morgan fingerprint density at radius 3 is 1.52 bits per heavy atom. The van der Waals surface area contributed by atoms with Crippen molar-refractivity contribution in [3.05, 3.63) is 63.9 Å². The third-order valence-electron chi connectivity index (χ3n) is 2.77. The molecule has 21 heavy (non-hydrogen) atoms. The second-order valence-electron chi connectivity index (χ2n) is 4.27. The molecule has 0 bridgehead atoms. The molecule has 6 heteroatoms. The highest BCUT2D eigenvalue weighted by Crippen LogP contribution is 2.25. The summed E-state index contributed by atoms with van der Waals surface area (Å²) >= 11 is 18.0. The highest BCUT2D eigenvalue weighted by Gasteiger charge is 2.10. The maximum Gasteiger partial charge on any atom is 0.226 e. The summed E-state index contributed by atoms with van der Waals surface area (Å²) in [7, 11) is 0. The summed E-state index contributed by atoms with van der Waals surface area (Å²) in [5.41, 5.74) is 1.55. The van der Waals surface area contributed by atoms with Crippen LogP contribution in [0.4, 0.5) is 0 Å². The lowest BCUT2D eigenvalue weighted by Crippen LogP contribution is -1.97. The fourth-order valence-corrected chi connectivity index (χ4v) is 2.40. The summed E-state index contributed by atoms with van der Waals surface area (Å²) in [6.45, 7) is 0. The van der Waals surface area contributed by atoms with Crippen LogP contribution < -0.4 is 0 Å². The first-order valence-corrected chi connectivity index (χ1v) is 7.19. The van der Waals surface area contributed by atoms with E-state index in [0.717, 1.165) is 11.1 Å². The van der Waals surface area contributed by atoms with Gasteiger partial charge < -0.3 is 0 Å². The predicted octanol–water partition coefficient (Wildman–Crippen LogP) is 5.17. The molecule has 0 saturated carbocycles. The van der Waals surface area contributed by atoms with E-state index in [4.69, 9.17) is 34.8 Å². The van der Waals surface area contributed by atoms with Gasteiger partial charge in [-0.1, -0.05) is 47.5 Å². The van der Waals surface area contributed by atoms with Gasteiger partial charge in [0.05, 0.1) is 0 Å². The number of benzene rings is 2. The molecule has 0 aliphatic rings. The van der Waals surface area contributed by atoms with Gasteiger partial charge in [-0.05, 0) is 35.9 Å². The van der Waals surface area contributed by atoms with E-state index in [0.29, 0.717) is 21.7 Å². The molecule has 0 atom stereocenters. The molecular formula is C15H8Cl3N3. The van der Waals surface area contributed by atoms with Crippen molar-refractivity contribution in [1.82, 2.24) is 15.0 Å². The topological polar surface area (TPSA) is 38.7 Å². The van der Waals surface area contributed by atoms with Crippen molar-refractivity contribution in [2.45, 2.75) is 0 Å². The van der Waals surface area contributed by atoms with Gasteiger partial charge in [0.2, 0.25) is 5.28 Å². The number of aromatic nitrogens is 3. The molecule has 3 nitrogen and oxygen atoms in total. The van der Waals surface area contributed by atoms with Crippen LogP contribution in [0.1, 0.15) is 0 Å². The third-order valence-corrected chi connectivity index (χ3v) is 3.41. The van der Waals surface area contributed by atoms with E-state index in [1.807, 2.05) is 24.3 Å². The molecular weight excluding hydrogens is 329 g/mol. The van der Waals surface area contributed by atoms with Crippen LogP contribution in [0.25, 0.3) is 22.8 Å². The SMILES string of the molecule is Clc1cccc(-c2nc(Cl)nc(-c3cccc(Cl)c3)n2)c1. The second kappa shape index (κ2) is 5.98. The molecule has 1 aromatic heterocycles. The van der Waals surface area contributed by atoms with Gasteiger partial charge in [-0.15, -0.1) is 0 Å². The summed E-state index contributed by atoms with van der Waals surface area (Å²) < 4.78 is 0. The number of halogens is 3. The van der Waals surface area contributed by atoms with E-state index in [1.165, 1.54) is 0 Å². The molecule has 0 radical (unpaired) electrons. The Morgan fingerprint density at radius 1 is 0.619 bits per heavy atom. The minimum absolute atomic E-state index is 0.120. The summed E-state index contributed by atoms with van der Waals surface area (Å²) in [5, 5.41) is 1.33. The number of rotatable bonds is 2. The Hall–Kier alpha value is -1.68. The summed E-state index contributed by atoms with van der Waals surface area (Å²) in [4.78, 5) is 12.7. The average Bonchev–Trinajstić information content (AvgIpc) is 2.46. The average molecular weight is 337 g/mol. The highest BCUT2D eigenvalue weighted by atomic mass is 35.5.